The first kappa shape index (κ1) is 22.3. The maximum atomic E-state index is 12.3. The first-order valence-corrected chi connectivity index (χ1v) is 10.7. The molecule has 0 spiro atoms. The van der Waals surface area contributed by atoms with E-state index in [0.717, 1.165) is 6.26 Å². The summed E-state index contributed by atoms with van der Waals surface area (Å²) in [4.78, 5) is 36.3. The lowest BCUT2D eigenvalue weighted by atomic mass is 9.95. The molecule has 0 fully saturated rings. The summed E-state index contributed by atoms with van der Waals surface area (Å²) in [5.74, 6) is -1.51. The highest BCUT2D eigenvalue weighted by Gasteiger charge is 2.22. The lowest BCUT2D eigenvalue weighted by Gasteiger charge is -2.17. The van der Waals surface area contributed by atoms with Crippen LogP contribution < -0.4 is 5.32 Å². The van der Waals surface area contributed by atoms with E-state index in [9.17, 15) is 22.8 Å². The van der Waals surface area contributed by atoms with Gasteiger partial charge >= 0.3 is 5.97 Å². The molecule has 0 aliphatic heterocycles. The molecule has 7 nitrogen and oxygen atoms in total. The van der Waals surface area contributed by atoms with Crippen LogP contribution in [0, 0.1) is 5.41 Å². The van der Waals surface area contributed by atoms with Crippen LogP contribution in [-0.2, 0) is 19.4 Å². The molecular formula is C21H23NO6S. The van der Waals surface area contributed by atoms with Crippen molar-refractivity contribution >= 4 is 33.2 Å². The molecule has 1 N–H and O–H groups in total. The van der Waals surface area contributed by atoms with E-state index in [0.29, 0.717) is 11.3 Å². The molecule has 0 aliphatic rings. The van der Waals surface area contributed by atoms with Crippen molar-refractivity contribution < 1.29 is 27.5 Å². The summed E-state index contributed by atoms with van der Waals surface area (Å²) in [5.41, 5.74) is 0.164. The fraction of sp³-hybridized carbons (Fsp3) is 0.286. The number of carbonyl (C=O) groups is 3. The van der Waals surface area contributed by atoms with Gasteiger partial charge in [-0.1, -0.05) is 32.9 Å². The first-order valence-electron chi connectivity index (χ1n) is 8.80. The summed E-state index contributed by atoms with van der Waals surface area (Å²) >= 11 is 0. The Labute approximate surface area is 170 Å². The van der Waals surface area contributed by atoms with Gasteiger partial charge in [-0.2, -0.15) is 0 Å². The zero-order valence-electron chi connectivity index (χ0n) is 16.7. The third kappa shape index (κ3) is 5.99. The summed E-state index contributed by atoms with van der Waals surface area (Å²) in [7, 11) is -3.61. The van der Waals surface area contributed by atoms with E-state index in [-0.39, 0.29) is 16.4 Å². The number of ether oxygens (including phenoxy) is 1. The van der Waals surface area contributed by atoms with Crippen LogP contribution in [0.3, 0.4) is 0 Å². The van der Waals surface area contributed by atoms with Gasteiger partial charge in [-0.25, -0.2) is 13.2 Å². The molecule has 1 amide bonds. The SMILES string of the molecule is CC(C)(C)C(=O)Nc1ccc(C(=O)COC(=O)c2ccccc2S(C)(=O)=O)cc1. The van der Waals surface area contributed by atoms with E-state index >= 15 is 0 Å². The number of Topliss-reactive ketones (excluding diaryl/α,β-unsaturated/α-hetero) is 1. The van der Waals surface area contributed by atoms with E-state index in [1.807, 2.05) is 0 Å². The van der Waals surface area contributed by atoms with Crippen LogP contribution in [-0.4, -0.2) is 38.9 Å². The second-order valence-electron chi connectivity index (χ2n) is 7.55. The molecule has 0 aromatic heterocycles. The van der Waals surface area contributed by atoms with Crippen LogP contribution in [0.25, 0.3) is 0 Å². The molecule has 0 atom stereocenters. The van der Waals surface area contributed by atoms with Crippen molar-refractivity contribution in [3.8, 4) is 0 Å². The van der Waals surface area contributed by atoms with Crippen molar-refractivity contribution in [1.82, 2.24) is 0 Å². The molecule has 29 heavy (non-hydrogen) atoms. The highest BCUT2D eigenvalue weighted by atomic mass is 32.2. The molecule has 0 heterocycles. The van der Waals surface area contributed by atoms with Gasteiger partial charge in [-0.05, 0) is 36.4 Å². The molecule has 2 aromatic carbocycles. The minimum Gasteiger partial charge on any atom is -0.454 e. The van der Waals surface area contributed by atoms with Gasteiger partial charge in [0.15, 0.2) is 22.2 Å². The van der Waals surface area contributed by atoms with Gasteiger partial charge in [0.1, 0.15) is 0 Å². The molecule has 2 aromatic rings. The van der Waals surface area contributed by atoms with Crippen molar-refractivity contribution in [3.05, 3.63) is 59.7 Å². The van der Waals surface area contributed by atoms with E-state index < -0.39 is 33.6 Å². The molecule has 0 aliphatic carbocycles. The largest absolute Gasteiger partial charge is 0.454 e. The third-order valence-corrected chi connectivity index (χ3v) is 5.14. The quantitative estimate of drug-likeness (QED) is 0.572. The highest BCUT2D eigenvalue weighted by Crippen LogP contribution is 2.19. The van der Waals surface area contributed by atoms with Crippen LogP contribution >= 0.6 is 0 Å². The number of hydrogen-bond donors (Lipinski definition) is 1. The lowest BCUT2D eigenvalue weighted by Crippen LogP contribution is -2.27. The summed E-state index contributed by atoms with van der Waals surface area (Å²) in [6.45, 7) is 4.83. The summed E-state index contributed by atoms with van der Waals surface area (Å²) in [6.07, 6.45) is 0.990. The Morgan fingerprint density at radius 2 is 1.55 bits per heavy atom. The number of sulfone groups is 1. The average molecular weight is 417 g/mol. The van der Waals surface area contributed by atoms with Crippen LogP contribution in [0.2, 0.25) is 0 Å². The van der Waals surface area contributed by atoms with E-state index in [1.54, 1.807) is 32.9 Å². The standard InChI is InChI=1S/C21H23NO6S/c1-21(2,3)20(25)22-15-11-9-14(10-12-15)17(23)13-28-19(24)16-7-5-6-8-18(16)29(4,26)27/h5-12H,13H2,1-4H3,(H,22,25). The van der Waals surface area contributed by atoms with Crippen molar-refractivity contribution in [2.75, 3.05) is 18.2 Å². The molecule has 154 valence electrons. The van der Waals surface area contributed by atoms with Crippen LogP contribution in [0.4, 0.5) is 5.69 Å². The zero-order chi connectivity index (χ0) is 21.8. The number of esters is 1. The number of ketones is 1. The zero-order valence-corrected chi connectivity index (χ0v) is 17.5. The van der Waals surface area contributed by atoms with E-state index in [4.69, 9.17) is 4.74 Å². The first-order chi connectivity index (χ1) is 13.4. The Morgan fingerprint density at radius 1 is 0.966 bits per heavy atom. The topological polar surface area (TPSA) is 107 Å². The van der Waals surface area contributed by atoms with Gasteiger partial charge in [0, 0.05) is 22.9 Å². The second kappa shape index (κ2) is 8.57. The number of amides is 1. The van der Waals surface area contributed by atoms with Gasteiger partial charge in [-0.3, -0.25) is 9.59 Å². The monoisotopic (exact) mass is 417 g/mol. The van der Waals surface area contributed by atoms with Crippen molar-refractivity contribution in [3.63, 3.8) is 0 Å². The predicted octanol–water partition coefficient (Wildman–Crippen LogP) is 3.11. The van der Waals surface area contributed by atoms with Crippen molar-refractivity contribution in [2.24, 2.45) is 5.41 Å². The number of hydrogen-bond acceptors (Lipinski definition) is 6. The Hall–Kier alpha value is -3.00. The second-order valence-corrected chi connectivity index (χ2v) is 9.53. The van der Waals surface area contributed by atoms with Gasteiger partial charge in [0.25, 0.3) is 0 Å². The van der Waals surface area contributed by atoms with Gasteiger partial charge < -0.3 is 10.1 Å². The Morgan fingerprint density at radius 3 is 2.10 bits per heavy atom. The van der Waals surface area contributed by atoms with E-state index in [1.165, 1.54) is 36.4 Å². The molecule has 0 bridgehead atoms. The molecular weight excluding hydrogens is 394 g/mol. The number of benzene rings is 2. The molecule has 2 rings (SSSR count). The number of rotatable bonds is 6. The number of nitrogens with one attached hydrogen (secondary N) is 1. The smallest absolute Gasteiger partial charge is 0.339 e. The van der Waals surface area contributed by atoms with Crippen LogP contribution in [0.5, 0.6) is 0 Å². The Bertz CT molecular complexity index is 1030. The van der Waals surface area contributed by atoms with Gasteiger partial charge in [0.05, 0.1) is 10.5 Å². The lowest BCUT2D eigenvalue weighted by molar-refractivity contribution is -0.123. The fourth-order valence-electron chi connectivity index (χ4n) is 2.31. The maximum Gasteiger partial charge on any atom is 0.339 e. The number of anilines is 1. The Kier molecular flexibility index (Phi) is 6.58. The summed E-state index contributed by atoms with van der Waals surface area (Å²) in [6, 6.07) is 11.8. The fourth-order valence-corrected chi connectivity index (χ4v) is 3.19. The van der Waals surface area contributed by atoms with Crippen LogP contribution in [0.15, 0.2) is 53.4 Å². The van der Waals surface area contributed by atoms with E-state index in [2.05, 4.69) is 5.32 Å². The summed E-state index contributed by atoms with van der Waals surface area (Å²) < 4.78 is 28.6. The number of carbonyl (C=O) groups excluding carboxylic acids is 3. The summed E-state index contributed by atoms with van der Waals surface area (Å²) in [5, 5.41) is 2.75. The van der Waals surface area contributed by atoms with Gasteiger partial charge in [0.2, 0.25) is 5.91 Å². The predicted molar refractivity (Wildman–Crippen MR) is 109 cm³/mol. The third-order valence-electron chi connectivity index (χ3n) is 3.99. The maximum absolute atomic E-state index is 12.3. The van der Waals surface area contributed by atoms with Crippen LogP contribution in [0.1, 0.15) is 41.5 Å². The van der Waals surface area contributed by atoms with Gasteiger partial charge in [-0.15, -0.1) is 0 Å². The molecule has 0 saturated heterocycles. The Balaban J connectivity index is 2.03. The normalized spacial score (nSPS) is 11.6. The van der Waals surface area contributed by atoms with Crippen molar-refractivity contribution in [2.45, 2.75) is 25.7 Å². The highest BCUT2D eigenvalue weighted by molar-refractivity contribution is 7.90. The van der Waals surface area contributed by atoms with Crippen molar-refractivity contribution in [1.29, 1.82) is 0 Å². The molecule has 0 radical (unpaired) electrons. The molecule has 0 unspecified atom stereocenters. The minimum absolute atomic E-state index is 0.122. The molecule has 8 heteroatoms. The molecule has 0 saturated carbocycles. The average Bonchev–Trinajstić information content (AvgIpc) is 2.65. The minimum atomic E-state index is -3.61.